The molecule has 0 unspecified atom stereocenters. The topological polar surface area (TPSA) is 103 Å². The molecular formula is C27H30F4N4O4. The summed E-state index contributed by atoms with van der Waals surface area (Å²) in [6.07, 6.45) is 0.525. The van der Waals surface area contributed by atoms with Crippen LogP contribution < -0.4 is 10.2 Å². The monoisotopic (exact) mass is 550 g/mol. The number of carboxylic acids is 1. The summed E-state index contributed by atoms with van der Waals surface area (Å²) < 4.78 is 45.4. The van der Waals surface area contributed by atoms with Crippen molar-refractivity contribution in [3.8, 4) is 0 Å². The molecule has 5 rings (SSSR count). The van der Waals surface area contributed by atoms with Gasteiger partial charge in [-0.15, -0.1) is 0 Å². The Hall–Kier alpha value is -3.70. The number of benzene rings is 1. The first kappa shape index (κ1) is 28.3. The normalized spacial score (nSPS) is 22.7. The van der Waals surface area contributed by atoms with Crippen LogP contribution in [0.1, 0.15) is 36.0 Å². The molecular weight excluding hydrogens is 520 g/mol. The van der Waals surface area contributed by atoms with E-state index in [0.717, 1.165) is 25.2 Å². The van der Waals surface area contributed by atoms with Gasteiger partial charge < -0.3 is 20.2 Å². The van der Waals surface area contributed by atoms with Crippen LogP contribution in [0.15, 0.2) is 48.7 Å². The van der Waals surface area contributed by atoms with Gasteiger partial charge in [0.25, 0.3) is 5.91 Å². The van der Waals surface area contributed by atoms with Gasteiger partial charge in [-0.3, -0.25) is 9.59 Å². The Labute approximate surface area is 223 Å². The van der Waals surface area contributed by atoms with Gasteiger partial charge in [-0.1, -0.05) is 12.1 Å². The summed E-state index contributed by atoms with van der Waals surface area (Å²) in [5.41, 5.74) is -0.195. The van der Waals surface area contributed by atoms with E-state index >= 15 is 0 Å². The van der Waals surface area contributed by atoms with E-state index in [2.05, 4.69) is 15.2 Å². The number of nitrogens with one attached hydrogen (secondary N) is 1. The molecule has 3 aliphatic rings. The van der Waals surface area contributed by atoms with Gasteiger partial charge in [-0.2, -0.15) is 13.2 Å². The van der Waals surface area contributed by atoms with Crippen molar-refractivity contribution in [1.29, 1.82) is 0 Å². The molecule has 2 amide bonds. The van der Waals surface area contributed by atoms with Crippen molar-refractivity contribution in [2.75, 3.05) is 37.6 Å². The number of fused-ring (bicyclic) bond motifs is 1. The summed E-state index contributed by atoms with van der Waals surface area (Å²) in [5.74, 6) is -1.78. The summed E-state index contributed by atoms with van der Waals surface area (Å²) in [6, 6.07) is 11.7. The second-order valence-corrected chi connectivity index (χ2v) is 10.2. The second-order valence-electron chi connectivity index (χ2n) is 10.2. The molecule has 1 saturated carbocycles. The summed E-state index contributed by atoms with van der Waals surface area (Å²) in [5, 5.41) is 10.3. The van der Waals surface area contributed by atoms with Crippen LogP contribution in [0.25, 0.3) is 0 Å². The molecule has 12 heteroatoms. The predicted molar refractivity (Wildman–Crippen MR) is 133 cm³/mol. The minimum absolute atomic E-state index is 0.0104. The first-order chi connectivity index (χ1) is 18.5. The number of carboxylic acid groups (broad SMARTS) is 1. The van der Waals surface area contributed by atoms with Crippen molar-refractivity contribution < 1.29 is 37.1 Å². The molecule has 2 aromatic rings. The zero-order valence-corrected chi connectivity index (χ0v) is 21.2. The number of hydrogen-bond acceptors (Lipinski definition) is 5. The van der Waals surface area contributed by atoms with E-state index in [1.165, 1.54) is 25.0 Å². The quantitative estimate of drug-likeness (QED) is 0.550. The number of halogens is 4. The summed E-state index contributed by atoms with van der Waals surface area (Å²) in [7, 11) is 0. The molecule has 39 heavy (non-hydrogen) atoms. The number of aliphatic carboxylic acids is 1. The molecule has 2 N–H and O–H groups in total. The number of carbonyl (C=O) groups is 3. The van der Waals surface area contributed by atoms with Gasteiger partial charge >= 0.3 is 12.1 Å². The van der Waals surface area contributed by atoms with Gasteiger partial charge in [-0.25, -0.2) is 14.2 Å². The maximum absolute atomic E-state index is 13.7. The lowest BCUT2D eigenvalue weighted by Gasteiger charge is -2.32. The van der Waals surface area contributed by atoms with Crippen molar-refractivity contribution in [3.05, 3.63) is 60.0 Å². The second kappa shape index (κ2) is 11.6. The number of alkyl halides is 3. The van der Waals surface area contributed by atoms with E-state index in [-0.39, 0.29) is 17.7 Å². The number of pyridine rings is 1. The molecule has 1 aromatic heterocycles. The van der Waals surface area contributed by atoms with E-state index in [0.29, 0.717) is 37.7 Å². The van der Waals surface area contributed by atoms with Crippen molar-refractivity contribution in [2.24, 2.45) is 17.3 Å². The molecule has 0 radical (unpaired) electrons. The number of nitrogens with zero attached hydrogens (tertiary/aromatic N) is 3. The van der Waals surface area contributed by atoms with Crippen LogP contribution in [0.4, 0.5) is 23.4 Å². The van der Waals surface area contributed by atoms with E-state index in [1.54, 1.807) is 23.2 Å². The zero-order valence-electron chi connectivity index (χ0n) is 21.2. The molecule has 0 spiro atoms. The van der Waals surface area contributed by atoms with Crippen molar-refractivity contribution in [3.63, 3.8) is 0 Å². The molecule has 3 fully saturated rings. The maximum atomic E-state index is 13.7. The van der Waals surface area contributed by atoms with E-state index in [4.69, 9.17) is 9.90 Å². The lowest BCUT2D eigenvalue weighted by atomic mass is 9.74. The Balaban J connectivity index is 0.000000448. The third-order valence-corrected chi connectivity index (χ3v) is 7.46. The van der Waals surface area contributed by atoms with Gasteiger partial charge in [0.05, 0.1) is 5.41 Å². The van der Waals surface area contributed by atoms with Crippen molar-refractivity contribution in [1.82, 2.24) is 15.2 Å². The first-order valence-electron chi connectivity index (χ1n) is 12.8. The number of likely N-dealkylation sites (tertiary alicyclic amines) is 1. The lowest BCUT2D eigenvalue weighted by Crippen LogP contribution is -2.48. The zero-order chi connectivity index (χ0) is 28.2. The molecule has 1 aliphatic carbocycles. The van der Waals surface area contributed by atoms with Crippen molar-refractivity contribution >= 4 is 23.6 Å². The first-order valence-corrected chi connectivity index (χ1v) is 12.8. The minimum Gasteiger partial charge on any atom is -0.475 e. The number of aromatic nitrogens is 1. The third-order valence-electron chi connectivity index (χ3n) is 7.46. The van der Waals surface area contributed by atoms with Crippen LogP contribution in [0.2, 0.25) is 0 Å². The number of amides is 2. The highest BCUT2D eigenvalue weighted by molar-refractivity contribution is 5.94. The third kappa shape index (κ3) is 6.85. The molecule has 0 bridgehead atoms. The van der Waals surface area contributed by atoms with Crippen LogP contribution in [0, 0.1) is 23.1 Å². The number of hydrogen-bond donors (Lipinski definition) is 2. The summed E-state index contributed by atoms with van der Waals surface area (Å²) >= 11 is 0. The molecule has 1 aromatic carbocycles. The fourth-order valence-electron chi connectivity index (χ4n) is 5.24. The fraction of sp³-hybridized carbons (Fsp3) is 0.481. The molecule has 2 aliphatic heterocycles. The average molecular weight is 551 g/mol. The summed E-state index contributed by atoms with van der Waals surface area (Å²) in [6.45, 7) is 3.07. The standard InChI is InChI=1S/C25H29FN4O2.C2HF3O2/c26-21-6-3-5-19(13-21)23(31)29-12-4-10-25(24(32)28-14-18-8-9-18)17-30(16-20(25)15-29)22-7-1-2-11-27-22;3-2(4,5)1(6)7/h1-3,5-7,11,13,18,20H,4,8-10,12,14-17H2,(H,28,32);(H,6,7)/t20-,25-;/m0./s1. The van der Waals surface area contributed by atoms with Crippen LogP contribution in [-0.2, 0) is 9.59 Å². The Kier molecular flexibility index (Phi) is 8.41. The van der Waals surface area contributed by atoms with Crippen LogP contribution in [-0.4, -0.2) is 71.7 Å². The molecule has 8 nitrogen and oxygen atoms in total. The van der Waals surface area contributed by atoms with Gasteiger partial charge in [-0.05, 0) is 61.9 Å². The Morgan fingerprint density at radius 1 is 1.10 bits per heavy atom. The Morgan fingerprint density at radius 3 is 2.46 bits per heavy atom. The maximum Gasteiger partial charge on any atom is 0.490 e. The van der Waals surface area contributed by atoms with E-state index in [9.17, 15) is 27.2 Å². The molecule has 2 saturated heterocycles. The number of anilines is 1. The van der Waals surface area contributed by atoms with Crippen LogP contribution >= 0.6 is 0 Å². The lowest BCUT2D eigenvalue weighted by molar-refractivity contribution is -0.192. The minimum atomic E-state index is -5.08. The SMILES string of the molecule is O=C(O)C(F)(F)F.O=C(c1cccc(F)c1)N1CCC[C@]2(C(=O)NCC3CC3)CN(c3ccccn3)C[C@@H]2C1. The fourth-order valence-corrected chi connectivity index (χ4v) is 5.24. The van der Waals surface area contributed by atoms with Gasteiger partial charge in [0, 0.05) is 50.4 Å². The average Bonchev–Trinajstić information content (AvgIpc) is 3.69. The van der Waals surface area contributed by atoms with Crippen molar-refractivity contribution in [2.45, 2.75) is 31.9 Å². The van der Waals surface area contributed by atoms with E-state index < -0.39 is 23.4 Å². The summed E-state index contributed by atoms with van der Waals surface area (Å²) in [4.78, 5) is 44.1. The largest absolute Gasteiger partial charge is 0.490 e. The molecule has 3 heterocycles. The Bertz CT molecular complexity index is 1190. The van der Waals surface area contributed by atoms with Gasteiger partial charge in [0.15, 0.2) is 0 Å². The highest BCUT2D eigenvalue weighted by atomic mass is 19.4. The molecule has 2 atom stereocenters. The van der Waals surface area contributed by atoms with Gasteiger partial charge in [0.1, 0.15) is 11.6 Å². The number of carbonyl (C=O) groups excluding carboxylic acids is 2. The van der Waals surface area contributed by atoms with Crippen LogP contribution in [0.3, 0.4) is 0 Å². The molecule has 210 valence electrons. The highest BCUT2D eigenvalue weighted by Crippen LogP contribution is 2.44. The highest BCUT2D eigenvalue weighted by Gasteiger charge is 2.54. The van der Waals surface area contributed by atoms with Crippen LogP contribution in [0.5, 0.6) is 0 Å². The number of rotatable bonds is 5. The van der Waals surface area contributed by atoms with Gasteiger partial charge in [0.2, 0.25) is 5.91 Å². The smallest absolute Gasteiger partial charge is 0.475 e. The Morgan fingerprint density at radius 2 is 1.85 bits per heavy atom. The van der Waals surface area contributed by atoms with E-state index in [1.807, 2.05) is 18.2 Å². The predicted octanol–water partition coefficient (Wildman–Crippen LogP) is 3.74.